The van der Waals surface area contributed by atoms with Crippen molar-refractivity contribution in [2.75, 3.05) is 12.4 Å². The van der Waals surface area contributed by atoms with Crippen LogP contribution < -0.4 is 4.57 Å². The van der Waals surface area contributed by atoms with Gasteiger partial charge >= 0.3 is 5.97 Å². The molecule has 36 heavy (non-hydrogen) atoms. The molecule has 0 amide bonds. The second-order valence-corrected chi connectivity index (χ2v) is 12.9. The first-order valence-corrected chi connectivity index (χ1v) is 14.3. The molecule has 4 rings (SSSR count). The fraction of sp³-hybridized carbons (Fsp3) is 0.690. The number of pyridine rings is 1. The molecule has 0 aliphatic heterocycles. The average molecular weight is 517 g/mol. The summed E-state index contributed by atoms with van der Waals surface area (Å²) in [6.45, 7) is 13.2. The smallest absolute Gasteiger partial charge is 0.316 e. The Morgan fingerprint density at radius 1 is 1.28 bits per heavy atom. The third-order valence-corrected chi connectivity index (χ3v) is 11.1. The maximum Gasteiger partial charge on any atom is 0.316 e. The van der Waals surface area contributed by atoms with E-state index in [0.29, 0.717) is 19.4 Å². The maximum atomic E-state index is 13.5. The van der Waals surface area contributed by atoms with Gasteiger partial charge in [-0.1, -0.05) is 33.8 Å². The summed E-state index contributed by atoms with van der Waals surface area (Å²) in [5.74, 6) is 0.0916. The van der Waals surface area contributed by atoms with E-state index in [1.807, 2.05) is 42.1 Å². The number of hydrogen-bond acceptors (Lipinski definition) is 6. The highest BCUT2D eigenvalue weighted by atomic mass is 32.2. The Morgan fingerprint density at radius 2 is 1.97 bits per heavy atom. The van der Waals surface area contributed by atoms with Gasteiger partial charge in [-0.15, -0.1) is 18.3 Å². The largest absolute Gasteiger partial charge is 0.461 e. The monoisotopic (exact) mass is 516 g/mol. The fourth-order valence-electron chi connectivity index (χ4n) is 7.64. The van der Waals surface area contributed by atoms with Gasteiger partial charge in [0.25, 0.3) is 0 Å². The highest BCUT2D eigenvalue weighted by Gasteiger charge is 2.68. The summed E-state index contributed by atoms with van der Waals surface area (Å²) >= 11 is 1.41. The molecule has 7 heteroatoms. The number of carbonyl (C=O) groups excluding carboxylic acids is 2. The molecule has 3 fully saturated rings. The van der Waals surface area contributed by atoms with Gasteiger partial charge in [0, 0.05) is 40.2 Å². The third-order valence-electron chi connectivity index (χ3n) is 10.2. The molecule has 2 bridgehead atoms. The van der Waals surface area contributed by atoms with Crippen molar-refractivity contribution in [2.45, 2.75) is 83.4 Å². The number of ether oxygens (including phenoxy) is 1. The van der Waals surface area contributed by atoms with Crippen LogP contribution in [-0.2, 0) is 20.9 Å². The van der Waals surface area contributed by atoms with Gasteiger partial charge in [-0.25, -0.2) is 4.57 Å². The second kappa shape index (κ2) is 10.2. The topological polar surface area (TPSA) is 87.7 Å². The predicted octanol–water partition coefficient (Wildman–Crippen LogP) is 3.97. The van der Waals surface area contributed by atoms with Crippen molar-refractivity contribution in [3.05, 3.63) is 37.2 Å². The van der Waals surface area contributed by atoms with Crippen molar-refractivity contribution in [1.82, 2.24) is 0 Å². The van der Waals surface area contributed by atoms with E-state index in [1.54, 1.807) is 0 Å². The number of thioether (sulfide) groups is 1. The highest BCUT2D eigenvalue weighted by molar-refractivity contribution is 8.00. The molecule has 3 aliphatic rings. The summed E-state index contributed by atoms with van der Waals surface area (Å²) in [7, 11) is 0. The Morgan fingerprint density at radius 3 is 2.61 bits per heavy atom. The maximum absolute atomic E-state index is 13.5. The van der Waals surface area contributed by atoms with Gasteiger partial charge in [-0.05, 0) is 42.9 Å². The van der Waals surface area contributed by atoms with Crippen LogP contribution >= 0.6 is 11.8 Å². The number of rotatable bonds is 7. The van der Waals surface area contributed by atoms with Gasteiger partial charge in [-0.2, -0.15) is 0 Å². The Balaban J connectivity index is 1.62. The molecule has 1 aromatic rings. The van der Waals surface area contributed by atoms with Gasteiger partial charge in [0.1, 0.15) is 18.5 Å². The van der Waals surface area contributed by atoms with Gasteiger partial charge in [-0.3, -0.25) is 9.59 Å². The van der Waals surface area contributed by atoms with Crippen molar-refractivity contribution in [3.8, 4) is 0 Å². The lowest BCUT2D eigenvalue weighted by Crippen LogP contribution is -2.63. The van der Waals surface area contributed by atoms with Gasteiger partial charge in [0.2, 0.25) is 0 Å². The molecule has 198 valence electrons. The molecule has 6 nitrogen and oxygen atoms in total. The van der Waals surface area contributed by atoms with Crippen LogP contribution in [0.1, 0.15) is 59.8 Å². The van der Waals surface area contributed by atoms with E-state index in [4.69, 9.17) is 9.84 Å². The Labute approximate surface area is 219 Å². The first-order chi connectivity index (χ1) is 17.0. The van der Waals surface area contributed by atoms with E-state index >= 15 is 0 Å². The zero-order valence-electron chi connectivity index (χ0n) is 22.1. The van der Waals surface area contributed by atoms with Crippen LogP contribution in [0.4, 0.5) is 0 Å². The van der Waals surface area contributed by atoms with Crippen molar-refractivity contribution >= 4 is 23.5 Å². The molecule has 3 aliphatic carbocycles. The zero-order valence-corrected chi connectivity index (χ0v) is 22.9. The minimum absolute atomic E-state index is 0.0392. The molecular formula is C29H42NO5S+. The number of aromatic nitrogens is 1. The van der Waals surface area contributed by atoms with Crippen LogP contribution in [0.25, 0.3) is 0 Å². The number of ketones is 1. The van der Waals surface area contributed by atoms with E-state index in [-0.39, 0.29) is 47.3 Å². The average Bonchev–Trinajstić information content (AvgIpc) is 3.22. The third kappa shape index (κ3) is 4.45. The summed E-state index contributed by atoms with van der Waals surface area (Å²) in [6, 6.07) is 3.85. The molecule has 2 N–H and O–H groups in total. The summed E-state index contributed by atoms with van der Waals surface area (Å²) in [5.41, 5.74) is -1.39. The van der Waals surface area contributed by atoms with Crippen LogP contribution in [0, 0.1) is 34.0 Å². The number of aliphatic hydroxyl groups excluding tert-OH is 2. The predicted molar refractivity (Wildman–Crippen MR) is 139 cm³/mol. The minimum Gasteiger partial charge on any atom is -0.461 e. The molecule has 1 aromatic heterocycles. The highest BCUT2D eigenvalue weighted by Crippen LogP contribution is 2.68. The SMILES string of the molecule is C=C[C@]1(C)C[C@@H](OC(=O)CSc2cc[n+](CCO)cc2)[C@]2(C)[C@H](C)CC[C@]3(CCC(=O)[C@H]32)[C@@H](C)[C@@H]1O. The number of aliphatic hydroxyl groups is 2. The van der Waals surface area contributed by atoms with Crippen molar-refractivity contribution < 1.29 is 29.1 Å². The van der Waals surface area contributed by atoms with Crippen molar-refractivity contribution in [1.29, 1.82) is 0 Å². The van der Waals surface area contributed by atoms with E-state index in [1.165, 1.54) is 11.8 Å². The first kappa shape index (κ1) is 27.3. The van der Waals surface area contributed by atoms with Crippen LogP contribution in [0.15, 0.2) is 42.1 Å². The Hall–Kier alpha value is -1.70. The van der Waals surface area contributed by atoms with Crippen molar-refractivity contribution in [3.63, 3.8) is 0 Å². The van der Waals surface area contributed by atoms with E-state index in [2.05, 4.69) is 27.4 Å². The lowest BCUT2D eigenvalue weighted by molar-refractivity contribution is -0.698. The number of hydrogen-bond donors (Lipinski definition) is 2. The molecule has 0 saturated heterocycles. The van der Waals surface area contributed by atoms with E-state index in [9.17, 15) is 14.7 Å². The van der Waals surface area contributed by atoms with Crippen molar-refractivity contribution in [2.24, 2.45) is 34.0 Å². The normalized spacial score (nSPS) is 40.2. The molecule has 3 saturated carbocycles. The quantitative estimate of drug-likeness (QED) is 0.247. The zero-order chi connectivity index (χ0) is 26.3. The lowest BCUT2D eigenvalue weighted by Gasteiger charge is -2.61. The van der Waals surface area contributed by atoms with Gasteiger partial charge < -0.3 is 14.9 Å². The molecule has 0 aromatic carbocycles. The number of nitrogens with zero attached hydrogens (tertiary/aromatic N) is 1. The summed E-state index contributed by atoms with van der Waals surface area (Å²) < 4.78 is 8.18. The number of carbonyl (C=O) groups is 2. The van der Waals surface area contributed by atoms with Gasteiger partial charge in [0.05, 0.1) is 11.9 Å². The fourth-order valence-corrected chi connectivity index (χ4v) is 8.31. The van der Waals surface area contributed by atoms with E-state index < -0.39 is 23.0 Å². The molecule has 8 atom stereocenters. The lowest BCUT2D eigenvalue weighted by atomic mass is 9.44. The molecule has 1 heterocycles. The summed E-state index contributed by atoms with van der Waals surface area (Å²) in [5, 5.41) is 20.7. The van der Waals surface area contributed by atoms with Crippen LogP contribution in [0.2, 0.25) is 0 Å². The van der Waals surface area contributed by atoms with E-state index in [0.717, 1.165) is 24.2 Å². The van der Waals surface area contributed by atoms with Crippen LogP contribution in [0.5, 0.6) is 0 Å². The number of Topliss-reactive ketones (excluding diaryl/α,β-unsaturated/α-hetero) is 1. The Bertz CT molecular complexity index is 998. The molecule has 0 unspecified atom stereocenters. The van der Waals surface area contributed by atoms with Crippen LogP contribution in [0.3, 0.4) is 0 Å². The number of esters is 1. The van der Waals surface area contributed by atoms with Crippen LogP contribution in [-0.4, -0.2) is 46.5 Å². The minimum atomic E-state index is -0.660. The van der Waals surface area contributed by atoms with Gasteiger partial charge in [0.15, 0.2) is 18.9 Å². The standard InChI is InChI=1S/C29H42NO5S/c1-6-27(4)17-23(35-24(33)18-36-21-9-13-30(14-10-21)15-16-31)28(5)19(2)7-11-29(20(3)26(27)34)12-8-22(32)25(28)29/h6,9-10,13-14,19-20,23,25-26,31,34H,1,7-8,11-12,15-18H2,2-5H3/q+1/t19-,20+,23-,25+,26+,27-,28+,29+/m1/s1. The summed E-state index contributed by atoms with van der Waals surface area (Å²) in [6.07, 6.45) is 8.11. The molecular weight excluding hydrogens is 474 g/mol. The Kier molecular flexibility index (Phi) is 7.76. The summed E-state index contributed by atoms with van der Waals surface area (Å²) in [4.78, 5) is 27.6. The second-order valence-electron chi connectivity index (χ2n) is 11.8. The first-order valence-electron chi connectivity index (χ1n) is 13.3. The molecule has 0 spiro atoms. The molecule has 0 radical (unpaired) electrons.